The number of hydrogen-bond acceptors (Lipinski definition) is 1. The fraction of sp³-hybridized carbons (Fsp3) is 0.591. The summed E-state index contributed by atoms with van der Waals surface area (Å²) in [5.41, 5.74) is 2.43. The van der Waals surface area contributed by atoms with Crippen LogP contribution >= 0.6 is 0 Å². The van der Waals surface area contributed by atoms with Crippen LogP contribution in [0.2, 0.25) is 0 Å². The zero-order valence-electron chi connectivity index (χ0n) is 15.1. The van der Waals surface area contributed by atoms with E-state index in [1.807, 2.05) is 13.8 Å². The van der Waals surface area contributed by atoms with Crippen LogP contribution in [0, 0.1) is 23.7 Å². The molecule has 0 N–H and O–H groups in total. The highest BCUT2D eigenvalue weighted by molar-refractivity contribution is 5.78. The molecule has 0 radical (unpaired) electrons. The molecule has 2 heteroatoms. The molecule has 3 rings (SSSR count). The summed E-state index contributed by atoms with van der Waals surface area (Å²) in [4.78, 5) is 14.5. The minimum Gasteiger partial charge on any atom is -0.339 e. The lowest BCUT2D eigenvalue weighted by molar-refractivity contribution is -0.135. The summed E-state index contributed by atoms with van der Waals surface area (Å²) in [6.45, 7) is 4.91. The maximum atomic E-state index is 12.4. The molecule has 2 aliphatic rings. The van der Waals surface area contributed by atoms with Gasteiger partial charge in [0, 0.05) is 30.0 Å². The Kier molecular flexibility index (Phi) is 5.61. The van der Waals surface area contributed by atoms with Crippen LogP contribution in [-0.2, 0) is 11.2 Å². The van der Waals surface area contributed by atoms with E-state index < -0.39 is 0 Å². The normalized spacial score (nSPS) is 21.1. The van der Waals surface area contributed by atoms with Crippen LogP contribution in [0.5, 0.6) is 0 Å². The molecule has 0 aromatic heterocycles. The second kappa shape index (κ2) is 7.88. The van der Waals surface area contributed by atoms with Crippen molar-refractivity contribution in [3.05, 3.63) is 35.4 Å². The Morgan fingerprint density at radius 2 is 2.00 bits per heavy atom. The Morgan fingerprint density at radius 1 is 1.21 bits per heavy atom. The van der Waals surface area contributed by atoms with Crippen molar-refractivity contribution in [3.63, 3.8) is 0 Å². The molecule has 2 nitrogen and oxygen atoms in total. The van der Waals surface area contributed by atoms with Crippen molar-refractivity contribution < 1.29 is 4.79 Å². The van der Waals surface area contributed by atoms with Gasteiger partial charge in [-0.1, -0.05) is 50.7 Å². The quantitative estimate of drug-likeness (QED) is 0.754. The number of nitrogens with zero attached hydrogens (tertiary/aromatic N) is 1. The summed E-state index contributed by atoms with van der Waals surface area (Å²) < 4.78 is 0. The van der Waals surface area contributed by atoms with E-state index in [0.717, 1.165) is 31.4 Å². The van der Waals surface area contributed by atoms with E-state index in [9.17, 15) is 4.79 Å². The van der Waals surface area contributed by atoms with Crippen molar-refractivity contribution in [2.75, 3.05) is 6.54 Å². The Labute approximate surface area is 146 Å². The average Bonchev–Trinajstić information content (AvgIpc) is 3.24. The van der Waals surface area contributed by atoms with Crippen molar-refractivity contribution >= 4 is 5.91 Å². The number of benzene rings is 1. The molecule has 1 aromatic rings. The number of hydrogen-bond donors (Lipinski definition) is 0. The van der Waals surface area contributed by atoms with E-state index in [1.165, 1.54) is 31.2 Å². The molecular formula is C22H29NO. The van der Waals surface area contributed by atoms with E-state index >= 15 is 0 Å². The minimum atomic E-state index is 0.0919. The lowest BCUT2D eigenvalue weighted by atomic mass is 10.0. The van der Waals surface area contributed by atoms with E-state index in [1.54, 1.807) is 0 Å². The highest BCUT2D eigenvalue weighted by atomic mass is 16.2. The number of rotatable bonds is 3. The van der Waals surface area contributed by atoms with E-state index in [2.05, 4.69) is 41.0 Å². The number of carbonyl (C=O) groups is 1. The summed E-state index contributed by atoms with van der Waals surface area (Å²) in [7, 11) is 0. The molecule has 1 atom stereocenters. The highest BCUT2D eigenvalue weighted by Gasteiger charge is 2.29. The van der Waals surface area contributed by atoms with Crippen LogP contribution in [-0.4, -0.2) is 23.4 Å². The Morgan fingerprint density at radius 3 is 2.75 bits per heavy atom. The van der Waals surface area contributed by atoms with E-state index in [0.29, 0.717) is 17.9 Å². The van der Waals surface area contributed by atoms with Crippen LogP contribution in [0.4, 0.5) is 0 Å². The number of likely N-dealkylation sites (tertiary alicyclic amines) is 1. The molecule has 0 bridgehead atoms. The minimum absolute atomic E-state index is 0.0919. The van der Waals surface area contributed by atoms with Crippen molar-refractivity contribution in [3.8, 4) is 11.8 Å². The summed E-state index contributed by atoms with van der Waals surface area (Å²) in [5, 5.41) is 0. The topological polar surface area (TPSA) is 20.3 Å². The predicted octanol–water partition coefficient (Wildman–Crippen LogP) is 4.42. The molecule has 1 heterocycles. The SMILES string of the molecule is CC(C)C(=O)N1CCCC1Cc1cccc(C#CC2CCCC2)c1. The Balaban J connectivity index is 1.66. The molecule has 1 aromatic carbocycles. The maximum absolute atomic E-state index is 12.4. The van der Waals surface area contributed by atoms with Crippen LogP contribution in [0.3, 0.4) is 0 Å². The lowest BCUT2D eigenvalue weighted by Crippen LogP contribution is -2.39. The summed E-state index contributed by atoms with van der Waals surface area (Å²) in [5.74, 6) is 7.81. The van der Waals surface area contributed by atoms with Gasteiger partial charge >= 0.3 is 0 Å². The van der Waals surface area contributed by atoms with Crippen molar-refractivity contribution in [1.29, 1.82) is 0 Å². The standard InChI is InChI=1S/C22H29NO/c1-17(2)22(24)23-14-6-11-21(23)16-20-10-5-9-19(15-20)13-12-18-7-3-4-8-18/h5,9-10,15,17-18,21H,3-4,6-8,11,14,16H2,1-2H3. The summed E-state index contributed by atoms with van der Waals surface area (Å²) >= 11 is 0. The second-order valence-electron chi connectivity index (χ2n) is 7.64. The van der Waals surface area contributed by atoms with Gasteiger partial charge in [-0.3, -0.25) is 4.79 Å². The molecule has 1 amide bonds. The van der Waals surface area contributed by atoms with Gasteiger partial charge < -0.3 is 4.90 Å². The van der Waals surface area contributed by atoms with Gasteiger partial charge in [0.05, 0.1) is 0 Å². The Hall–Kier alpha value is -1.75. The first-order valence-corrected chi connectivity index (χ1v) is 9.54. The lowest BCUT2D eigenvalue weighted by Gasteiger charge is -2.26. The molecule has 1 unspecified atom stereocenters. The third-order valence-corrected chi connectivity index (χ3v) is 5.33. The fourth-order valence-electron chi connectivity index (χ4n) is 3.97. The molecule has 2 fully saturated rings. The summed E-state index contributed by atoms with van der Waals surface area (Å²) in [6, 6.07) is 8.97. The third kappa shape index (κ3) is 4.20. The van der Waals surface area contributed by atoms with Crippen molar-refractivity contribution in [2.24, 2.45) is 11.8 Å². The largest absolute Gasteiger partial charge is 0.339 e. The Bertz CT molecular complexity index is 631. The van der Waals surface area contributed by atoms with Gasteiger partial charge in [-0.2, -0.15) is 0 Å². The van der Waals surface area contributed by atoms with Gasteiger partial charge in [0.25, 0.3) is 0 Å². The van der Waals surface area contributed by atoms with Gasteiger partial charge in [0.15, 0.2) is 0 Å². The van der Waals surface area contributed by atoms with Crippen molar-refractivity contribution in [2.45, 2.75) is 64.8 Å². The van der Waals surface area contributed by atoms with Crippen LogP contribution < -0.4 is 0 Å². The zero-order chi connectivity index (χ0) is 16.9. The monoisotopic (exact) mass is 323 g/mol. The molecule has 1 aliphatic carbocycles. The maximum Gasteiger partial charge on any atom is 0.225 e. The van der Waals surface area contributed by atoms with Gasteiger partial charge in [-0.25, -0.2) is 0 Å². The summed E-state index contributed by atoms with van der Waals surface area (Å²) in [6.07, 6.45) is 8.40. The first-order valence-electron chi connectivity index (χ1n) is 9.54. The fourth-order valence-corrected chi connectivity index (χ4v) is 3.97. The highest BCUT2D eigenvalue weighted by Crippen LogP contribution is 2.25. The number of amides is 1. The molecule has 0 spiro atoms. The molecule has 1 aliphatic heterocycles. The van der Waals surface area contributed by atoms with Gasteiger partial charge in [0.1, 0.15) is 0 Å². The van der Waals surface area contributed by atoms with E-state index in [4.69, 9.17) is 0 Å². The first kappa shape index (κ1) is 17.1. The molecule has 24 heavy (non-hydrogen) atoms. The molecule has 1 saturated heterocycles. The predicted molar refractivity (Wildman–Crippen MR) is 98.6 cm³/mol. The smallest absolute Gasteiger partial charge is 0.225 e. The zero-order valence-corrected chi connectivity index (χ0v) is 15.1. The second-order valence-corrected chi connectivity index (χ2v) is 7.64. The van der Waals surface area contributed by atoms with Gasteiger partial charge in [-0.15, -0.1) is 0 Å². The van der Waals surface area contributed by atoms with Crippen LogP contribution in [0.25, 0.3) is 0 Å². The average molecular weight is 323 g/mol. The van der Waals surface area contributed by atoms with Gasteiger partial charge in [-0.05, 0) is 49.8 Å². The molecular weight excluding hydrogens is 294 g/mol. The first-order chi connectivity index (χ1) is 11.6. The molecule has 128 valence electrons. The number of carbonyl (C=O) groups excluding carboxylic acids is 1. The third-order valence-electron chi connectivity index (χ3n) is 5.33. The van der Waals surface area contributed by atoms with E-state index in [-0.39, 0.29) is 5.92 Å². The molecule has 1 saturated carbocycles. The van der Waals surface area contributed by atoms with Gasteiger partial charge in [0.2, 0.25) is 5.91 Å². The van der Waals surface area contributed by atoms with Crippen LogP contribution in [0.1, 0.15) is 63.5 Å². The van der Waals surface area contributed by atoms with Crippen molar-refractivity contribution in [1.82, 2.24) is 4.90 Å². The van der Waals surface area contributed by atoms with Crippen LogP contribution in [0.15, 0.2) is 24.3 Å².